The Balaban J connectivity index is 1.78. The first kappa shape index (κ1) is 22.2. The first-order chi connectivity index (χ1) is 15.5. The van der Waals surface area contributed by atoms with Crippen molar-refractivity contribution in [2.75, 3.05) is 0 Å². The molecule has 0 aliphatic heterocycles. The van der Waals surface area contributed by atoms with Gasteiger partial charge in [-0.05, 0) is 46.7 Å². The zero-order valence-electron chi connectivity index (χ0n) is 20.7. The fraction of sp³-hybridized carbons (Fsp3) is 0.310. The van der Waals surface area contributed by atoms with Gasteiger partial charge in [0.2, 0.25) is 0 Å². The number of aromatic nitrogens is 2. The lowest BCUT2D eigenvalue weighted by Gasteiger charge is -2.21. The molecular formula is C29H32N2SSi. The Labute approximate surface area is 201 Å². The second-order valence-electron chi connectivity index (χ2n) is 11.5. The molecule has 2 aromatic heterocycles. The van der Waals surface area contributed by atoms with Crippen LogP contribution in [0.5, 0.6) is 0 Å². The Kier molecular flexibility index (Phi) is 5.22. The average Bonchev–Trinajstić information content (AvgIpc) is 3.13. The molecule has 5 aromatic rings. The molecule has 0 aliphatic carbocycles. The maximum atomic E-state index is 4.83. The van der Waals surface area contributed by atoms with Gasteiger partial charge in [-0.15, -0.1) is 11.3 Å². The van der Waals surface area contributed by atoms with Gasteiger partial charge in [-0.25, -0.2) is 9.97 Å². The van der Waals surface area contributed by atoms with Crippen molar-refractivity contribution in [3.63, 3.8) is 0 Å². The van der Waals surface area contributed by atoms with Crippen LogP contribution in [0.2, 0.25) is 19.6 Å². The molecule has 0 radical (unpaired) electrons. The molecule has 0 saturated heterocycles. The van der Waals surface area contributed by atoms with E-state index in [0.717, 1.165) is 17.6 Å². The molecule has 2 nitrogen and oxygen atoms in total. The highest BCUT2D eigenvalue weighted by atomic mass is 32.1. The number of thiophene rings is 1. The van der Waals surface area contributed by atoms with E-state index in [1.54, 1.807) is 6.33 Å². The van der Waals surface area contributed by atoms with Crippen molar-refractivity contribution in [3.8, 4) is 11.3 Å². The Hall–Kier alpha value is -2.56. The number of benzene rings is 3. The van der Waals surface area contributed by atoms with E-state index in [4.69, 9.17) is 9.97 Å². The van der Waals surface area contributed by atoms with E-state index >= 15 is 0 Å². The minimum Gasteiger partial charge on any atom is -0.235 e. The van der Waals surface area contributed by atoms with Gasteiger partial charge >= 0.3 is 0 Å². The molecule has 0 saturated carbocycles. The smallest absolute Gasteiger partial charge is 0.116 e. The number of aryl methyl sites for hydroxylation is 1. The molecule has 0 fully saturated rings. The number of rotatable bonds is 3. The summed E-state index contributed by atoms with van der Waals surface area (Å²) in [5, 5.41) is 5.42. The van der Waals surface area contributed by atoms with Crippen LogP contribution in [0.4, 0.5) is 0 Å². The van der Waals surface area contributed by atoms with E-state index in [-0.39, 0.29) is 5.41 Å². The van der Waals surface area contributed by atoms with Crippen molar-refractivity contribution in [1.29, 1.82) is 0 Å². The van der Waals surface area contributed by atoms with Crippen LogP contribution in [-0.4, -0.2) is 18.0 Å². The largest absolute Gasteiger partial charge is 0.235 e. The molecule has 0 spiro atoms. The molecule has 3 aromatic carbocycles. The number of fused-ring (bicyclic) bond motifs is 4. The van der Waals surface area contributed by atoms with Gasteiger partial charge in [0.05, 0.1) is 24.0 Å². The number of hydrogen-bond donors (Lipinski definition) is 0. The lowest BCUT2D eigenvalue weighted by Crippen LogP contribution is -2.38. The normalized spacial score (nSPS) is 12.8. The summed E-state index contributed by atoms with van der Waals surface area (Å²) >= 11 is 1.85. The standard InChI is InChI=1S/C29H32N2SSi/c1-18-20(16-29(2,3)4)12-13-23-26-28(32-27(18)23)25(30-17-31-26)21-14-19-10-8-9-11-22(19)24(15-21)33(5,6)7/h8-15,17H,16H2,1-7H3. The van der Waals surface area contributed by atoms with Gasteiger partial charge in [0.15, 0.2) is 0 Å². The molecule has 168 valence electrons. The Morgan fingerprint density at radius 2 is 1.64 bits per heavy atom. The molecule has 0 atom stereocenters. The van der Waals surface area contributed by atoms with Gasteiger partial charge in [-0.2, -0.15) is 0 Å². The Morgan fingerprint density at radius 1 is 0.879 bits per heavy atom. The maximum absolute atomic E-state index is 4.83. The molecule has 0 bridgehead atoms. The van der Waals surface area contributed by atoms with Crippen molar-refractivity contribution in [3.05, 3.63) is 66.0 Å². The van der Waals surface area contributed by atoms with Crippen LogP contribution in [0.15, 0.2) is 54.9 Å². The minimum absolute atomic E-state index is 0.262. The van der Waals surface area contributed by atoms with E-state index in [9.17, 15) is 0 Å². The molecule has 0 N–H and O–H groups in total. The van der Waals surface area contributed by atoms with Crippen molar-refractivity contribution in [1.82, 2.24) is 9.97 Å². The fourth-order valence-corrected chi connectivity index (χ4v) is 7.76. The third kappa shape index (κ3) is 4.00. The third-order valence-electron chi connectivity index (χ3n) is 6.45. The Bertz CT molecular complexity index is 1520. The SMILES string of the molecule is Cc1c(CC(C)(C)C)ccc2c1sc1c(-c3cc([Si](C)(C)C)c4ccccc4c3)ncnc12. The van der Waals surface area contributed by atoms with Crippen LogP contribution in [0.25, 0.3) is 42.3 Å². The van der Waals surface area contributed by atoms with E-state index < -0.39 is 8.07 Å². The monoisotopic (exact) mass is 468 g/mol. The molecule has 0 amide bonds. The van der Waals surface area contributed by atoms with Gasteiger partial charge in [-0.3, -0.25) is 0 Å². The summed E-state index contributed by atoms with van der Waals surface area (Å²) in [6.07, 6.45) is 2.82. The van der Waals surface area contributed by atoms with Crippen LogP contribution in [0.3, 0.4) is 0 Å². The van der Waals surface area contributed by atoms with Crippen LogP contribution < -0.4 is 5.19 Å². The summed E-state index contributed by atoms with van der Waals surface area (Å²) in [4.78, 5) is 9.57. The first-order valence-electron chi connectivity index (χ1n) is 11.7. The topological polar surface area (TPSA) is 25.8 Å². The second kappa shape index (κ2) is 7.75. The summed E-state index contributed by atoms with van der Waals surface area (Å²) in [6.45, 7) is 16.5. The molecule has 33 heavy (non-hydrogen) atoms. The van der Waals surface area contributed by atoms with Gasteiger partial charge < -0.3 is 0 Å². The Morgan fingerprint density at radius 3 is 2.36 bits per heavy atom. The number of nitrogens with zero attached hydrogens (tertiary/aromatic N) is 2. The third-order valence-corrected chi connectivity index (χ3v) is 9.80. The molecule has 2 heterocycles. The maximum Gasteiger partial charge on any atom is 0.116 e. The van der Waals surface area contributed by atoms with Crippen LogP contribution in [0.1, 0.15) is 31.9 Å². The highest BCUT2D eigenvalue weighted by Gasteiger charge is 2.22. The van der Waals surface area contributed by atoms with E-state index in [1.807, 2.05) is 11.3 Å². The summed E-state index contributed by atoms with van der Waals surface area (Å²) in [5.74, 6) is 0. The van der Waals surface area contributed by atoms with E-state index in [1.165, 1.54) is 47.4 Å². The van der Waals surface area contributed by atoms with Crippen LogP contribution in [0, 0.1) is 12.3 Å². The predicted molar refractivity (Wildman–Crippen MR) is 149 cm³/mol. The molecule has 5 rings (SSSR count). The lowest BCUT2D eigenvalue weighted by molar-refractivity contribution is 0.410. The average molecular weight is 469 g/mol. The lowest BCUT2D eigenvalue weighted by atomic mass is 9.86. The molecule has 0 unspecified atom stereocenters. The second-order valence-corrected chi connectivity index (χ2v) is 17.5. The van der Waals surface area contributed by atoms with Crippen molar-refractivity contribution in [2.24, 2.45) is 5.41 Å². The molecule has 4 heteroatoms. The summed E-state index contributed by atoms with van der Waals surface area (Å²) in [5.41, 5.74) is 6.42. The van der Waals surface area contributed by atoms with E-state index in [2.05, 4.69) is 95.9 Å². The van der Waals surface area contributed by atoms with Gasteiger partial charge in [0.25, 0.3) is 0 Å². The quantitative estimate of drug-likeness (QED) is 0.250. The fourth-order valence-electron chi connectivity index (χ4n) is 4.85. The zero-order chi connectivity index (χ0) is 23.5. The van der Waals surface area contributed by atoms with Crippen LogP contribution >= 0.6 is 11.3 Å². The number of hydrogen-bond acceptors (Lipinski definition) is 3. The van der Waals surface area contributed by atoms with Gasteiger partial charge in [-0.1, -0.05) is 88.1 Å². The van der Waals surface area contributed by atoms with Crippen LogP contribution in [-0.2, 0) is 6.42 Å². The van der Waals surface area contributed by atoms with Crippen molar-refractivity contribution >= 4 is 55.7 Å². The van der Waals surface area contributed by atoms with E-state index in [0.29, 0.717) is 0 Å². The highest BCUT2D eigenvalue weighted by molar-refractivity contribution is 7.26. The predicted octanol–water partition coefficient (Wildman–Crippen LogP) is 8.11. The van der Waals surface area contributed by atoms with Gasteiger partial charge in [0.1, 0.15) is 6.33 Å². The first-order valence-corrected chi connectivity index (χ1v) is 16.0. The summed E-state index contributed by atoms with van der Waals surface area (Å²) < 4.78 is 2.54. The molecular weight excluding hydrogens is 436 g/mol. The molecule has 0 aliphatic rings. The van der Waals surface area contributed by atoms with Gasteiger partial charge in [0, 0.05) is 15.6 Å². The van der Waals surface area contributed by atoms with Crippen molar-refractivity contribution < 1.29 is 0 Å². The summed E-state index contributed by atoms with van der Waals surface area (Å²) in [6, 6.07) is 18.1. The minimum atomic E-state index is -1.54. The zero-order valence-corrected chi connectivity index (χ0v) is 22.5. The highest BCUT2D eigenvalue weighted by Crippen LogP contribution is 2.41. The summed E-state index contributed by atoms with van der Waals surface area (Å²) in [7, 11) is -1.54. The van der Waals surface area contributed by atoms with Crippen molar-refractivity contribution in [2.45, 2.75) is 53.8 Å².